The van der Waals surface area contributed by atoms with Gasteiger partial charge in [0.25, 0.3) is 0 Å². The van der Waals surface area contributed by atoms with Gasteiger partial charge in [-0.3, -0.25) is 0 Å². The Kier molecular flexibility index (Phi) is 5.53. The number of phenols is 2. The number of phenolic OH excluding ortho intramolecular Hbond substituents is 2. The molecular formula is C20H22N4O2. The third-order valence-electron chi connectivity index (χ3n) is 3.76. The lowest BCUT2D eigenvalue weighted by molar-refractivity contribution is 0.475. The van der Waals surface area contributed by atoms with E-state index in [2.05, 4.69) is 27.5 Å². The van der Waals surface area contributed by atoms with Crippen LogP contribution in [0.4, 0.5) is 23.0 Å². The van der Waals surface area contributed by atoms with Crippen LogP contribution in [0.25, 0.3) is 0 Å². The second kappa shape index (κ2) is 8.20. The Morgan fingerprint density at radius 2 is 1.35 bits per heavy atom. The van der Waals surface area contributed by atoms with E-state index in [9.17, 15) is 10.2 Å². The molecule has 0 aliphatic carbocycles. The van der Waals surface area contributed by atoms with Gasteiger partial charge in [0.1, 0.15) is 29.0 Å². The molecule has 0 amide bonds. The second-order valence-electron chi connectivity index (χ2n) is 6.01. The summed E-state index contributed by atoms with van der Waals surface area (Å²) >= 11 is 0. The van der Waals surface area contributed by atoms with Crippen molar-refractivity contribution in [3.05, 3.63) is 60.4 Å². The first-order chi connectivity index (χ1) is 12.6. The van der Waals surface area contributed by atoms with Crippen molar-refractivity contribution in [2.75, 3.05) is 10.6 Å². The average molecular weight is 350 g/mol. The third kappa shape index (κ3) is 4.86. The Hall–Kier alpha value is -3.28. The van der Waals surface area contributed by atoms with E-state index in [1.807, 2.05) is 12.1 Å². The van der Waals surface area contributed by atoms with Crippen molar-refractivity contribution in [3.63, 3.8) is 0 Å². The number of nitrogens with zero attached hydrogens (tertiary/aromatic N) is 2. The van der Waals surface area contributed by atoms with Crippen molar-refractivity contribution in [3.8, 4) is 11.5 Å². The van der Waals surface area contributed by atoms with E-state index < -0.39 is 0 Å². The van der Waals surface area contributed by atoms with E-state index in [0.29, 0.717) is 11.6 Å². The highest BCUT2D eigenvalue weighted by molar-refractivity contribution is 5.64. The van der Waals surface area contributed by atoms with Gasteiger partial charge in [-0.2, -0.15) is 0 Å². The summed E-state index contributed by atoms with van der Waals surface area (Å²) in [6.07, 6.45) is 2.84. The highest BCUT2D eigenvalue weighted by atomic mass is 16.3. The number of unbranched alkanes of at least 4 members (excludes halogenated alkanes) is 1. The molecule has 2 aromatic carbocycles. The first kappa shape index (κ1) is 17.5. The van der Waals surface area contributed by atoms with Gasteiger partial charge in [0.05, 0.1) is 0 Å². The summed E-state index contributed by atoms with van der Waals surface area (Å²) in [4.78, 5) is 9.12. The van der Waals surface area contributed by atoms with E-state index in [-0.39, 0.29) is 11.5 Å². The van der Waals surface area contributed by atoms with Gasteiger partial charge in [-0.05, 0) is 30.7 Å². The van der Waals surface area contributed by atoms with Crippen molar-refractivity contribution < 1.29 is 10.2 Å². The summed E-state index contributed by atoms with van der Waals surface area (Å²) < 4.78 is 0. The van der Waals surface area contributed by atoms with Crippen LogP contribution >= 0.6 is 0 Å². The monoisotopic (exact) mass is 350 g/mol. The van der Waals surface area contributed by atoms with Crippen LogP contribution in [0, 0.1) is 0 Å². The fourth-order valence-corrected chi connectivity index (χ4v) is 2.53. The number of hydrogen-bond acceptors (Lipinski definition) is 6. The van der Waals surface area contributed by atoms with E-state index in [4.69, 9.17) is 0 Å². The molecule has 4 N–H and O–H groups in total. The van der Waals surface area contributed by atoms with E-state index in [1.54, 1.807) is 42.5 Å². The first-order valence-corrected chi connectivity index (χ1v) is 8.62. The van der Waals surface area contributed by atoms with E-state index in [0.717, 1.165) is 36.5 Å². The molecule has 0 bridgehead atoms. The molecule has 0 saturated carbocycles. The smallest absolute Gasteiger partial charge is 0.136 e. The number of benzene rings is 2. The average Bonchev–Trinajstić information content (AvgIpc) is 2.60. The number of nitrogens with one attached hydrogen (secondary N) is 2. The Morgan fingerprint density at radius 3 is 1.81 bits per heavy atom. The number of hydrogen-bond donors (Lipinski definition) is 4. The first-order valence-electron chi connectivity index (χ1n) is 8.62. The topological polar surface area (TPSA) is 90.3 Å². The Balaban J connectivity index is 1.87. The summed E-state index contributed by atoms with van der Waals surface area (Å²) in [5.74, 6) is 2.39. The standard InChI is InChI=1S/C20H22N4O2/c1-2-3-10-18-23-19(21-14-6-4-8-16(25)11-14)13-20(24-18)22-15-7-5-9-17(26)12-15/h4-9,11-13,25-26H,2-3,10H2,1H3,(H2,21,22,23,24). The van der Waals surface area contributed by atoms with Gasteiger partial charge in [-0.25, -0.2) is 9.97 Å². The van der Waals surface area contributed by atoms with Crippen molar-refractivity contribution in [1.82, 2.24) is 9.97 Å². The molecule has 0 fully saturated rings. The largest absolute Gasteiger partial charge is 0.508 e. The molecule has 0 saturated heterocycles. The normalized spacial score (nSPS) is 10.5. The quantitative estimate of drug-likeness (QED) is 0.493. The molecule has 0 radical (unpaired) electrons. The third-order valence-corrected chi connectivity index (χ3v) is 3.76. The lowest BCUT2D eigenvalue weighted by Crippen LogP contribution is -2.04. The SMILES string of the molecule is CCCCc1nc(Nc2cccc(O)c2)cc(Nc2cccc(O)c2)n1. The van der Waals surface area contributed by atoms with Crippen molar-refractivity contribution in [2.24, 2.45) is 0 Å². The maximum absolute atomic E-state index is 9.63. The van der Waals surface area contributed by atoms with Crippen LogP contribution in [0.1, 0.15) is 25.6 Å². The van der Waals surface area contributed by atoms with Gasteiger partial charge in [0, 0.05) is 36.0 Å². The van der Waals surface area contributed by atoms with Crippen LogP contribution in [0.3, 0.4) is 0 Å². The van der Waals surface area contributed by atoms with Gasteiger partial charge in [0.15, 0.2) is 0 Å². The van der Waals surface area contributed by atoms with Gasteiger partial charge in [0.2, 0.25) is 0 Å². The molecule has 0 spiro atoms. The Labute approximate surface area is 152 Å². The predicted molar refractivity (Wildman–Crippen MR) is 103 cm³/mol. The fraction of sp³-hybridized carbons (Fsp3) is 0.200. The summed E-state index contributed by atoms with van der Waals surface area (Å²) in [5, 5.41) is 25.7. The molecule has 1 heterocycles. The van der Waals surface area contributed by atoms with Crippen LogP contribution in [0.15, 0.2) is 54.6 Å². The zero-order valence-electron chi connectivity index (χ0n) is 14.6. The second-order valence-corrected chi connectivity index (χ2v) is 6.01. The maximum Gasteiger partial charge on any atom is 0.136 e. The lowest BCUT2D eigenvalue weighted by Gasteiger charge is -2.12. The summed E-state index contributed by atoms with van der Waals surface area (Å²) in [6, 6.07) is 15.5. The molecular weight excluding hydrogens is 328 g/mol. The maximum atomic E-state index is 9.63. The van der Waals surface area contributed by atoms with Crippen LogP contribution < -0.4 is 10.6 Å². The van der Waals surface area contributed by atoms with Crippen LogP contribution in [-0.2, 0) is 6.42 Å². The number of aromatic hydroxyl groups is 2. The minimum atomic E-state index is 0.188. The van der Waals surface area contributed by atoms with Crippen LogP contribution in [0.2, 0.25) is 0 Å². The minimum absolute atomic E-state index is 0.188. The molecule has 0 unspecified atom stereocenters. The predicted octanol–water partition coefficient (Wildman–Crippen LogP) is 4.72. The minimum Gasteiger partial charge on any atom is -0.508 e. The fourth-order valence-electron chi connectivity index (χ4n) is 2.53. The van der Waals surface area contributed by atoms with Crippen molar-refractivity contribution in [2.45, 2.75) is 26.2 Å². The van der Waals surface area contributed by atoms with Crippen molar-refractivity contribution >= 4 is 23.0 Å². The molecule has 0 aliphatic rings. The highest BCUT2D eigenvalue weighted by Crippen LogP contribution is 2.24. The molecule has 0 atom stereocenters. The summed E-state index contributed by atoms with van der Waals surface area (Å²) in [5.41, 5.74) is 1.49. The lowest BCUT2D eigenvalue weighted by atomic mass is 10.2. The Bertz CT molecular complexity index is 817. The summed E-state index contributed by atoms with van der Waals surface area (Å²) in [6.45, 7) is 2.13. The van der Waals surface area contributed by atoms with Gasteiger partial charge >= 0.3 is 0 Å². The number of aryl methyl sites for hydroxylation is 1. The molecule has 3 aromatic rings. The van der Waals surface area contributed by atoms with Crippen molar-refractivity contribution in [1.29, 1.82) is 0 Å². The van der Waals surface area contributed by atoms with Gasteiger partial charge < -0.3 is 20.8 Å². The van der Waals surface area contributed by atoms with Crippen LogP contribution in [-0.4, -0.2) is 20.2 Å². The highest BCUT2D eigenvalue weighted by Gasteiger charge is 2.07. The Morgan fingerprint density at radius 1 is 0.808 bits per heavy atom. The number of rotatable bonds is 7. The zero-order valence-corrected chi connectivity index (χ0v) is 14.6. The number of aromatic nitrogens is 2. The molecule has 6 nitrogen and oxygen atoms in total. The molecule has 26 heavy (non-hydrogen) atoms. The molecule has 134 valence electrons. The summed E-state index contributed by atoms with van der Waals surface area (Å²) in [7, 11) is 0. The van der Waals surface area contributed by atoms with Gasteiger partial charge in [-0.15, -0.1) is 0 Å². The van der Waals surface area contributed by atoms with E-state index >= 15 is 0 Å². The number of anilines is 4. The molecule has 3 rings (SSSR count). The van der Waals surface area contributed by atoms with Gasteiger partial charge in [-0.1, -0.05) is 25.5 Å². The molecule has 6 heteroatoms. The molecule has 1 aromatic heterocycles. The zero-order chi connectivity index (χ0) is 18.4. The van der Waals surface area contributed by atoms with E-state index in [1.165, 1.54) is 0 Å². The molecule has 0 aliphatic heterocycles. The van der Waals surface area contributed by atoms with Crippen LogP contribution in [0.5, 0.6) is 11.5 Å².